The molecule has 68 valence electrons. The van der Waals surface area contributed by atoms with E-state index in [2.05, 4.69) is 0 Å². The summed E-state index contributed by atoms with van der Waals surface area (Å²) in [5.74, 6) is 0. The molecule has 0 fully saturated rings. The lowest BCUT2D eigenvalue weighted by atomic mass is 10.00. The van der Waals surface area contributed by atoms with Crippen LogP contribution in [0.2, 0.25) is 0 Å². The van der Waals surface area contributed by atoms with Crippen molar-refractivity contribution in [3.05, 3.63) is 0 Å². The highest BCUT2D eigenvalue weighted by Gasteiger charge is 2.19. The van der Waals surface area contributed by atoms with Crippen LogP contribution in [0.25, 0.3) is 0 Å². The van der Waals surface area contributed by atoms with Gasteiger partial charge in [-0.3, -0.25) is 0 Å². The van der Waals surface area contributed by atoms with E-state index < -0.39 is 12.1 Å². The molecule has 0 saturated heterocycles. The van der Waals surface area contributed by atoms with E-state index in [9.17, 15) is 5.11 Å². The standard InChI is InChI=1S/C7H18N2O2/c1-2-6(11)7(9)5(8)3-4-10/h5-7,10-11H,2-4,8-9H2,1H3/t5?,6-,7-/m0/s1. The zero-order valence-corrected chi connectivity index (χ0v) is 6.90. The summed E-state index contributed by atoms with van der Waals surface area (Å²) in [4.78, 5) is 0. The zero-order chi connectivity index (χ0) is 8.85. The molecule has 0 bridgehead atoms. The van der Waals surface area contributed by atoms with Gasteiger partial charge >= 0.3 is 0 Å². The predicted molar refractivity (Wildman–Crippen MR) is 44.0 cm³/mol. The molecule has 1 unspecified atom stereocenters. The van der Waals surface area contributed by atoms with Gasteiger partial charge < -0.3 is 21.7 Å². The molecule has 0 spiro atoms. The second-order valence-electron chi connectivity index (χ2n) is 2.73. The van der Waals surface area contributed by atoms with E-state index in [0.29, 0.717) is 12.8 Å². The van der Waals surface area contributed by atoms with Crippen LogP contribution in [-0.2, 0) is 0 Å². The van der Waals surface area contributed by atoms with Crippen molar-refractivity contribution in [2.75, 3.05) is 6.61 Å². The molecule has 0 amide bonds. The maximum atomic E-state index is 9.24. The number of aliphatic hydroxyl groups is 2. The molecule has 0 aliphatic heterocycles. The van der Waals surface area contributed by atoms with Crippen LogP contribution in [0.4, 0.5) is 0 Å². The molecular weight excluding hydrogens is 144 g/mol. The number of hydrogen-bond donors (Lipinski definition) is 4. The van der Waals surface area contributed by atoms with Gasteiger partial charge in [-0.05, 0) is 12.8 Å². The van der Waals surface area contributed by atoms with Crippen LogP contribution in [0.1, 0.15) is 19.8 Å². The molecule has 0 radical (unpaired) electrons. The molecule has 11 heavy (non-hydrogen) atoms. The van der Waals surface area contributed by atoms with Crippen molar-refractivity contribution >= 4 is 0 Å². The molecule has 0 aliphatic rings. The van der Waals surface area contributed by atoms with Crippen molar-refractivity contribution in [2.24, 2.45) is 11.5 Å². The minimum Gasteiger partial charge on any atom is -0.396 e. The number of aliphatic hydroxyl groups excluding tert-OH is 2. The van der Waals surface area contributed by atoms with Gasteiger partial charge in [0.15, 0.2) is 0 Å². The van der Waals surface area contributed by atoms with E-state index in [4.69, 9.17) is 16.6 Å². The lowest BCUT2D eigenvalue weighted by Crippen LogP contribution is -2.49. The van der Waals surface area contributed by atoms with E-state index in [0.717, 1.165) is 0 Å². The van der Waals surface area contributed by atoms with E-state index in [1.165, 1.54) is 0 Å². The second kappa shape index (κ2) is 5.49. The van der Waals surface area contributed by atoms with Crippen molar-refractivity contribution < 1.29 is 10.2 Å². The topological polar surface area (TPSA) is 92.5 Å². The monoisotopic (exact) mass is 162 g/mol. The molecule has 0 aromatic heterocycles. The Balaban J connectivity index is 3.70. The molecular formula is C7H18N2O2. The Labute approximate surface area is 67.2 Å². The van der Waals surface area contributed by atoms with Crippen molar-refractivity contribution in [1.82, 2.24) is 0 Å². The summed E-state index contributed by atoms with van der Waals surface area (Å²) in [5.41, 5.74) is 11.1. The normalized spacial score (nSPS) is 19.4. The van der Waals surface area contributed by atoms with Gasteiger partial charge in [0, 0.05) is 18.7 Å². The van der Waals surface area contributed by atoms with Gasteiger partial charge in [0.1, 0.15) is 0 Å². The van der Waals surface area contributed by atoms with Crippen molar-refractivity contribution in [2.45, 2.75) is 38.0 Å². The van der Waals surface area contributed by atoms with Gasteiger partial charge in [0.05, 0.1) is 6.10 Å². The summed E-state index contributed by atoms with van der Waals surface area (Å²) < 4.78 is 0. The lowest BCUT2D eigenvalue weighted by Gasteiger charge is -2.23. The average molecular weight is 162 g/mol. The molecule has 4 heteroatoms. The predicted octanol–water partition coefficient (Wildman–Crippen LogP) is -1.21. The largest absolute Gasteiger partial charge is 0.396 e. The van der Waals surface area contributed by atoms with Gasteiger partial charge in [-0.1, -0.05) is 6.92 Å². The van der Waals surface area contributed by atoms with Gasteiger partial charge in [0.2, 0.25) is 0 Å². The van der Waals surface area contributed by atoms with Gasteiger partial charge in [-0.2, -0.15) is 0 Å². The smallest absolute Gasteiger partial charge is 0.0703 e. The minimum atomic E-state index is -0.559. The van der Waals surface area contributed by atoms with Crippen LogP contribution in [0.5, 0.6) is 0 Å². The summed E-state index contributed by atoms with van der Waals surface area (Å²) >= 11 is 0. The van der Waals surface area contributed by atoms with Crippen LogP contribution in [0.3, 0.4) is 0 Å². The molecule has 4 nitrogen and oxygen atoms in total. The minimum absolute atomic E-state index is 0.0191. The highest BCUT2D eigenvalue weighted by atomic mass is 16.3. The van der Waals surface area contributed by atoms with Crippen molar-refractivity contribution in [3.63, 3.8) is 0 Å². The first-order valence-electron chi connectivity index (χ1n) is 3.93. The van der Waals surface area contributed by atoms with E-state index >= 15 is 0 Å². The zero-order valence-electron chi connectivity index (χ0n) is 6.90. The molecule has 3 atom stereocenters. The third kappa shape index (κ3) is 3.67. The Bertz CT molecular complexity index is 100. The van der Waals surface area contributed by atoms with E-state index in [1.807, 2.05) is 6.92 Å². The van der Waals surface area contributed by atoms with Crippen molar-refractivity contribution in [3.8, 4) is 0 Å². The fourth-order valence-electron chi connectivity index (χ4n) is 0.899. The summed E-state index contributed by atoms with van der Waals surface area (Å²) in [6.07, 6.45) is 0.481. The maximum absolute atomic E-state index is 9.24. The Morgan fingerprint density at radius 2 is 1.91 bits per heavy atom. The number of nitrogens with two attached hydrogens (primary N) is 2. The number of hydrogen-bond acceptors (Lipinski definition) is 4. The molecule has 0 aromatic carbocycles. The third-order valence-electron chi connectivity index (χ3n) is 1.82. The Morgan fingerprint density at radius 3 is 2.27 bits per heavy atom. The van der Waals surface area contributed by atoms with Gasteiger partial charge in [0.25, 0.3) is 0 Å². The summed E-state index contributed by atoms with van der Waals surface area (Å²) in [6.45, 7) is 1.86. The quantitative estimate of drug-likeness (QED) is 0.408. The first-order valence-corrected chi connectivity index (χ1v) is 3.93. The SMILES string of the molecule is CC[C@H](O)[C@@H](N)C(N)CCO. The second-order valence-corrected chi connectivity index (χ2v) is 2.73. The molecule has 6 N–H and O–H groups in total. The molecule has 0 saturated carbocycles. The fraction of sp³-hybridized carbons (Fsp3) is 1.00. The van der Waals surface area contributed by atoms with E-state index in [-0.39, 0.29) is 12.6 Å². The van der Waals surface area contributed by atoms with Crippen LogP contribution in [0.15, 0.2) is 0 Å². The maximum Gasteiger partial charge on any atom is 0.0703 e. The van der Waals surface area contributed by atoms with Gasteiger partial charge in [-0.15, -0.1) is 0 Å². The van der Waals surface area contributed by atoms with Crippen LogP contribution < -0.4 is 11.5 Å². The van der Waals surface area contributed by atoms with E-state index in [1.54, 1.807) is 0 Å². The number of rotatable bonds is 5. The average Bonchev–Trinajstić information content (AvgIpc) is 2.02. The van der Waals surface area contributed by atoms with Crippen LogP contribution in [0, 0.1) is 0 Å². The summed E-state index contributed by atoms with van der Waals surface area (Å²) in [5, 5.41) is 17.8. The highest BCUT2D eigenvalue weighted by molar-refractivity contribution is 4.81. The summed E-state index contributed by atoms with van der Waals surface area (Å²) in [7, 11) is 0. The lowest BCUT2D eigenvalue weighted by molar-refractivity contribution is 0.122. The van der Waals surface area contributed by atoms with Crippen LogP contribution in [-0.4, -0.2) is 35.0 Å². The van der Waals surface area contributed by atoms with Crippen LogP contribution >= 0.6 is 0 Å². The molecule has 0 aromatic rings. The fourth-order valence-corrected chi connectivity index (χ4v) is 0.899. The first kappa shape index (κ1) is 10.8. The Hall–Kier alpha value is -0.160. The third-order valence-corrected chi connectivity index (χ3v) is 1.82. The Kier molecular flexibility index (Phi) is 5.41. The van der Waals surface area contributed by atoms with Gasteiger partial charge in [-0.25, -0.2) is 0 Å². The first-order chi connectivity index (χ1) is 5.13. The molecule has 0 aliphatic carbocycles. The molecule has 0 heterocycles. The van der Waals surface area contributed by atoms with Crippen molar-refractivity contribution in [1.29, 1.82) is 0 Å². The summed E-state index contributed by atoms with van der Waals surface area (Å²) in [6, 6.07) is -0.734. The Morgan fingerprint density at radius 1 is 1.36 bits per heavy atom. The molecule has 0 rings (SSSR count). The highest BCUT2D eigenvalue weighted by Crippen LogP contribution is 2.01.